The van der Waals surface area contributed by atoms with Crippen LogP contribution in [0.3, 0.4) is 0 Å². The number of benzene rings is 1. The van der Waals surface area contributed by atoms with Crippen LogP contribution in [0, 0.1) is 16.7 Å². The number of hydrogen-bond donors (Lipinski definition) is 2. The standard InChI is InChI=1S/C18H27NO3S/c1-13(14-7-5-4-6-8-14)19-23(21,22)12-18-10-9-15(11-16(18)20)17(18,2)3/h4-8,13,15-16,19-20H,9-12H2,1-3H3/t13-,15+,16-,18+/m0/s1. The highest BCUT2D eigenvalue weighted by Crippen LogP contribution is 2.66. The summed E-state index contributed by atoms with van der Waals surface area (Å²) in [6.45, 7) is 6.10. The van der Waals surface area contributed by atoms with Gasteiger partial charge < -0.3 is 5.11 Å². The van der Waals surface area contributed by atoms with E-state index < -0.39 is 21.5 Å². The highest BCUT2D eigenvalue weighted by molar-refractivity contribution is 7.89. The molecular weight excluding hydrogens is 310 g/mol. The average molecular weight is 337 g/mol. The molecule has 2 saturated carbocycles. The minimum absolute atomic E-state index is 0.0157. The van der Waals surface area contributed by atoms with Crippen molar-refractivity contribution in [2.24, 2.45) is 16.7 Å². The quantitative estimate of drug-likeness (QED) is 0.868. The van der Waals surface area contributed by atoms with Gasteiger partial charge in [-0.2, -0.15) is 0 Å². The number of aliphatic hydroxyl groups excluding tert-OH is 1. The molecule has 3 rings (SSSR count). The lowest BCUT2D eigenvalue weighted by molar-refractivity contribution is 0.0151. The predicted octanol–water partition coefficient (Wildman–Crippen LogP) is 2.85. The van der Waals surface area contributed by atoms with Crippen LogP contribution in [0.25, 0.3) is 0 Å². The second kappa shape index (κ2) is 5.57. The lowest BCUT2D eigenvalue weighted by Crippen LogP contribution is -2.47. The van der Waals surface area contributed by atoms with E-state index in [1.165, 1.54) is 0 Å². The molecule has 1 aromatic carbocycles. The fraction of sp³-hybridized carbons (Fsp3) is 0.667. The molecule has 0 spiro atoms. The third-order valence-corrected chi connectivity index (χ3v) is 8.10. The van der Waals surface area contributed by atoms with Gasteiger partial charge in [-0.15, -0.1) is 0 Å². The summed E-state index contributed by atoms with van der Waals surface area (Å²) in [7, 11) is -3.47. The molecule has 0 aliphatic heterocycles. The first-order valence-electron chi connectivity index (χ1n) is 8.41. The van der Waals surface area contributed by atoms with E-state index in [1.807, 2.05) is 37.3 Å². The first-order valence-corrected chi connectivity index (χ1v) is 10.1. The molecule has 0 unspecified atom stereocenters. The minimum Gasteiger partial charge on any atom is -0.392 e. The van der Waals surface area contributed by atoms with Crippen molar-refractivity contribution in [2.45, 2.75) is 52.2 Å². The second-order valence-electron chi connectivity index (χ2n) is 7.87. The van der Waals surface area contributed by atoms with Gasteiger partial charge >= 0.3 is 0 Å². The van der Waals surface area contributed by atoms with Crippen molar-refractivity contribution in [3.05, 3.63) is 35.9 Å². The molecule has 0 amide bonds. The maximum absolute atomic E-state index is 12.8. The summed E-state index contributed by atoms with van der Waals surface area (Å²) in [5.74, 6) is 0.446. The minimum atomic E-state index is -3.47. The van der Waals surface area contributed by atoms with Gasteiger partial charge in [-0.05, 0) is 43.1 Å². The van der Waals surface area contributed by atoms with Crippen molar-refractivity contribution >= 4 is 10.0 Å². The van der Waals surface area contributed by atoms with Gasteiger partial charge in [-0.3, -0.25) is 0 Å². The fourth-order valence-corrected chi connectivity index (χ4v) is 6.98. The first-order chi connectivity index (χ1) is 10.7. The van der Waals surface area contributed by atoms with E-state index in [1.54, 1.807) is 0 Å². The molecule has 2 aliphatic rings. The normalized spacial score (nSPS) is 33.7. The maximum Gasteiger partial charge on any atom is 0.212 e. The van der Waals surface area contributed by atoms with Gasteiger partial charge in [0.25, 0.3) is 0 Å². The Morgan fingerprint density at radius 3 is 2.48 bits per heavy atom. The second-order valence-corrected chi connectivity index (χ2v) is 9.63. The third kappa shape index (κ3) is 2.73. The van der Waals surface area contributed by atoms with E-state index in [2.05, 4.69) is 18.6 Å². The van der Waals surface area contributed by atoms with E-state index in [9.17, 15) is 13.5 Å². The molecule has 1 aromatic rings. The molecule has 0 saturated heterocycles. The SMILES string of the molecule is C[C@H](NS(=O)(=O)C[C@]12CC[C@H](C[C@@H]1O)C2(C)C)c1ccccc1. The molecule has 2 N–H and O–H groups in total. The summed E-state index contributed by atoms with van der Waals surface area (Å²) in [4.78, 5) is 0. The number of rotatable bonds is 5. The molecule has 128 valence electrons. The van der Waals surface area contributed by atoms with Crippen LogP contribution < -0.4 is 4.72 Å². The lowest BCUT2D eigenvalue weighted by Gasteiger charge is -2.40. The van der Waals surface area contributed by atoms with Gasteiger partial charge in [0.2, 0.25) is 10.0 Å². The smallest absolute Gasteiger partial charge is 0.212 e. The first kappa shape index (κ1) is 16.9. The van der Waals surface area contributed by atoms with Crippen molar-refractivity contribution in [1.29, 1.82) is 0 Å². The van der Waals surface area contributed by atoms with E-state index >= 15 is 0 Å². The van der Waals surface area contributed by atoms with E-state index in [0.717, 1.165) is 24.8 Å². The predicted molar refractivity (Wildman–Crippen MR) is 91.3 cm³/mol. The molecule has 4 atom stereocenters. The lowest BCUT2D eigenvalue weighted by atomic mass is 9.70. The molecule has 23 heavy (non-hydrogen) atoms. The van der Waals surface area contributed by atoms with Gasteiger partial charge in [-0.1, -0.05) is 44.2 Å². The third-order valence-electron chi connectivity index (χ3n) is 6.49. The van der Waals surface area contributed by atoms with Crippen LogP contribution in [0.15, 0.2) is 30.3 Å². The van der Waals surface area contributed by atoms with Crippen LogP contribution in [-0.2, 0) is 10.0 Å². The Labute approximate surface area is 139 Å². The van der Waals surface area contributed by atoms with E-state index in [4.69, 9.17) is 0 Å². The molecule has 0 aromatic heterocycles. The number of hydrogen-bond acceptors (Lipinski definition) is 3. The summed E-state index contributed by atoms with van der Waals surface area (Å²) in [6, 6.07) is 9.31. The number of aliphatic hydroxyl groups is 1. The molecule has 0 heterocycles. The van der Waals surface area contributed by atoms with Crippen LogP contribution in [0.4, 0.5) is 0 Å². The maximum atomic E-state index is 12.8. The van der Waals surface area contributed by atoms with Crippen LogP contribution in [0.2, 0.25) is 0 Å². The van der Waals surface area contributed by atoms with Gasteiger partial charge in [0.05, 0.1) is 11.9 Å². The van der Waals surface area contributed by atoms with E-state index in [-0.39, 0.29) is 17.2 Å². The molecule has 2 fully saturated rings. The Bertz CT molecular complexity index is 671. The average Bonchev–Trinajstić information content (AvgIpc) is 2.81. The Morgan fingerprint density at radius 1 is 1.30 bits per heavy atom. The highest BCUT2D eigenvalue weighted by Gasteiger charge is 2.64. The Balaban J connectivity index is 1.79. The zero-order valence-corrected chi connectivity index (χ0v) is 14.9. The van der Waals surface area contributed by atoms with Crippen LogP contribution in [0.1, 0.15) is 51.6 Å². The molecule has 4 nitrogen and oxygen atoms in total. The van der Waals surface area contributed by atoms with Crippen LogP contribution in [-0.4, -0.2) is 25.4 Å². The van der Waals surface area contributed by atoms with Gasteiger partial charge in [0.1, 0.15) is 0 Å². The van der Waals surface area contributed by atoms with Gasteiger partial charge in [0.15, 0.2) is 0 Å². The van der Waals surface area contributed by atoms with Crippen molar-refractivity contribution in [2.75, 3.05) is 5.75 Å². The monoisotopic (exact) mass is 337 g/mol. The highest BCUT2D eigenvalue weighted by atomic mass is 32.2. The summed E-state index contributed by atoms with van der Waals surface area (Å²) in [5.41, 5.74) is 0.306. The number of fused-ring (bicyclic) bond motifs is 2. The van der Waals surface area contributed by atoms with Crippen molar-refractivity contribution < 1.29 is 13.5 Å². The van der Waals surface area contributed by atoms with Crippen LogP contribution >= 0.6 is 0 Å². The topological polar surface area (TPSA) is 66.4 Å². The summed E-state index contributed by atoms with van der Waals surface area (Å²) >= 11 is 0. The summed E-state index contributed by atoms with van der Waals surface area (Å²) in [5, 5.41) is 10.5. The van der Waals surface area contributed by atoms with Crippen molar-refractivity contribution in [3.63, 3.8) is 0 Å². The molecule has 2 aliphatic carbocycles. The van der Waals surface area contributed by atoms with Crippen molar-refractivity contribution in [1.82, 2.24) is 4.72 Å². The Kier molecular flexibility index (Phi) is 4.10. The summed E-state index contributed by atoms with van der Waals surface area (Å²) < 4.78 is 28.3. The molecular formula is C18H27NO3S. The zero-order chi connectivity index (χ0) is 16.9. The largest absolute Gasteiger partial charge is 0.392 e. The summed E-state index contributed by atoms with van der Waals surface area (Å²) in [6.07, 6.45) is 2.04. The number of nitrogens with one attached hydrogen (secondary N) is 1. The Morgan fingerprint density at radius 2 is 1.96 bits per heavy atom. The van der Waals surface area contributed by atoms with Crippen LogP contribution in [0.5, 0.6) is 0 Å². The molecule has 2 bridgehead atoms. The molecule has 0 radical (unpaired) electrons. The van der Waals surface area contributed by atoms with Gasteiger partial charge in [-0.25, -0.2) is 13.1 Å². The molecule has 5 heteroatoms. The zero-order valence-electron chi connectivity index (χ0n) is 14.1. The number of sulfonamides is 1. The van der Waals surface area contributed by atoms with E-state index in [0.29, 0.717) is 5.92 Å². The Hall–Kier alpha value is -0.910. The fourth-order valence-electron chi connectivity index (χ4n) is 4.84. The van der Waals surface area contributed by atoms with Crippen molar-refractivity contribution in [3.8, 4) is 0 Å². The van der Waals surface area contributed by atoms with Gasteiger partial charge in [0, 0.05) is 11.5 Å².